The highest BCUT2D eigenvalue weighted by molar-refractivity contribution is 7.09. The highest BCUT2D eigenvalue weighted by Crippen LogP contribution is 2.22. The molecule has 9 heteroatoms. The van der Waals surface area contributed by atoms with E-state index in [1.165, 1.54) is 16.7 Å². The molecule has 26 heavy (non-hydrogen) atoms. The minimum Gasteiger partial charge on any atom is -0.476 e. The van der Waals surface area contributed by atoms with Crippen LogP contribution in [0.1, 0.15) is 57.9 Å². The topological polar surface area (TPSA) is 110 Å². The molecule has 2 N–H and O–H groups in total. The van der Waals surface area contributed by atoms with Crippen molar-refractivity contribution >= 4 is 34.2 Å². The van der Waals surface area contributed by atoms with Gasteiger partial charge >= 0.3 is 5.97 Å². The van der Waals surface area contributed by atoms with Crippen molar-refractivity contribution in [1.29, 1.82) is 0 Å². The van der Waals surface area contributed by atoms with Crippen molar-refractivity contribution in [3.05, 3.63) is 39.6 Å². The second-order valence-corrected chi connectivity index (χ2v) is 6.95. The second kappa shape index (κ2) is 7.20. The molecule has 8 nitrogen and oxygen atoms in total. The zero-order valence-corrected chi connectivity index (χ0v) is 15.5. The summed E-state index contributed by atoms with van der Waals surface area (Å²) < 4.78 is 1.83. The van der Waals surface area contributed by atoms with Gasteiger partial charge in [0.05, 0.1) is 29.7 Å². The van der Waals surface area contributed by atoms with E-state index in [0.29, 0.717) is 21.6 Å². The lowest BCUT2D eigenvalue weighted by molar-refractivity contribution is 0.0691. The quantitative estimate of drug-likeness (QED) is 0.687. The first-order chi connectivity index (χ1) is 12.4. The van der Waals surface area contributed by atoms with Crippen molar-refractivity contribution in [3.63, 3.8) is 0 Å². The van der Waals surface area contributed by atoms with Crippen molar-refractivity contribution < 1.29 is 14.7 Å². The zero-order valence-electron chi connectivity index (χ0n) is 14.7. The Morgan fingerprint density at radius 2 is 2.15 bits per heavy atom. The summed E-state index contributed by atoms with van der Waals surface area (Å²) in [5, 5.41) is 18.8. The Morgan fingerprint density at radius 1 is 1.38 bits per heavy atom. The van der Waals surface area contributed by atoms with E-state index in [4.69, 9.17) is 5.11 Å². The number of aromatic carboxylic acids is 1. The third-order valence-corrected chi connectivity index (χ3v) is 4.97. The lowest BCUT2D eigenvalue weighted by Crippen LogP contribution is -2.23. The van der Waals surface area contributed by atoms with Crippen LogP contribution < -0.4 is 5.32 Å². The predicted molar refractivity (Wildman–Crippen MR) is 97.5 cm³/mol. The van der Waals surface area contributed by atoms with Gasteiger partial charge in [-0.15, -0.1) is 11.3 Å². The van der Waals surface area contributed by atoms with Gasteiger partial charge in [0.15, 0.2) is 11.3 Å². The number of carboxylic acids is 1. The van der Waals surface area contributed by atoms with Crippen LogP contribution in [0.2, 0.25) is 0 Å². The number of hydrogen-bond donors (Lipinski definition) is 2. The fourth-order valence-electron chi connectivity index (χ4n) is 2.57. The number of nitrogens with zero attached hydrogens (tertiary/aromatic N) is 4. The van der Waals surface area contributed by atoms with Crippen molar-refractivity contribution in [1.82, 2.24) is 25.1 Å². The Balaban J connectivity index is 1.85. The molecule has 3 aromatic heterocycles. The molecule has 1 atom stereocenters. The van der Waals surface area contributed by atoms with Gasteiger partial charge in [-0.3, -0.25) is 4.79 Å². The molecule has 136 valence electrons. The lowest BCUT2D eigenvalue weighted by Gasteiger charge is -2.11. The highest BCUT2D eigenvalue weighted by Gasteiger charge is 2.18. The van der Waals surface area contributed by atoms with Crippen molar-refractivity contribution in [2.45, 2.75) is 39.8 Å². The van der Waals surface area contributed by atoms with Crippen LogP contribution in [0.4, 0.5) is 0 Å². The number of nitrogens with one attached hydrogen (secondary N) is 1. The van der Waals surface area contributed by atoms with Crippen molar-refractivity contribution in [2.75, 3.05) is 0 Å². The number of pyridine rings is 1. The first-order valence-corrected chi connectivity index (χ1v) is 9.09. The zero-order chi connectivity index (χ0) is 18.8. The van der Waals surface area contributed by atoms with E-state index in [2.05, 4.69) is 34.2 Å². The maximum atomic E-state index is 12.7. The van der Waals surface area contributed by atoms with E-state index in [1.807, 2.05) is 11.6 Å². The van der Waals surface area contributed by atoms with E-state index in [0.717, 1.165) is 12.1 Å². The summed E-state index contributed by atoms with van der Waals surface area (Å²) in [5.74, 6) is -1.35. The number of aryl methyl sites for hydroxylation is 1. The first-order valence-electron chi connectivity index (χ1n) is 8.21. The molecule has 1 unspecified atom stereocenters. The largest absolute Gasteiger partial charge is 0.476 e. The normalized spacial score (nSPS) is 12.3. The summed E-state index contributed by atoms with van der Waals surface area (Å²) in [6.45, 7) is 6.13. The lowest BCUT2D eigenvalue weighted by atomic mass is 10.1. The minimum atomic E-state index is -1.08. The standard InChI is InChI=1S/C17H19N5O3S/c1-4-10(3)22-15-12(6-19-22)11(5-9(2)20-15)16(23)18-7-14-21-13(8-26-14)17(24)25/h5-6,8,10H,4,7H2,1-3H3,(H,18,23)(H,24,25). The first kappa shape index (κ1) is 18.0. The fraction of sp³-hybridized carbons (Fsp3) is 0.353. The van der Waals surface area contributed by atoms with Crippen molar-refractivity contribution in [2.24, 2.45) is 0 Å². The molecule has 0 saturated heterocycles. The average molecular weight is 373 g/mol. The molecule has 0 bridgehead atoms. The molecule has 3 heterocycles. The van der Waals surface area contributed by atoms with Crippen molar-refractivity contribution in [3.8, 4) is 0 Å². The molecule has 3 aromatic rings. The van der Waals surface area contributed by atoms with E-state index in [1.54, 1.807) is 12.3 Å². The van der Waals surface area contributed by atoms with Crippen LogP contribution in [0.25, 0.3) is 11.0 Å². The highest BCUT2D eigenvalue weighted by atomic mass is 32.1. The van der Waals surface area contributed by atoms with E-state index >= 15 is 0 Å². The molecular weight excluding hydrogens is 354 g/mol. The maximum Gasteiger partial charge on any atom is 0.355 e. The SMILES string of the molecule is CCC(C)n1ncc2c(C(=O)NCc3nc(C(=O)O)cs3)cc(C)nc21. The van der Waals surface area contributed by atoms with Gasteiger partial charge in [0.25, 0.3) is 5.91 Å². The smallest absolute Gasteiger partial charge is 0.355 e. The van der Waals surface area contributed by atoms with Gasteiger partial charge in [-0.05, 0) is 26.3 Å². The maximum absolute atomic E-state index is 12.7. The minimum absolute atomic E-state index is 0.0174. The summed E-state index contributed by atoms with van der Waals surface area (Å²) in [6, 6.07) is 1.91. The summed E-state index contributed by atoms with van der Waals surface area (Å²) in [7, 11) is 0. The number of fused-ring (bicyclic) bond motifs is 1. The van der Waals surface area contributed by atoms with Crippen LogP contribution >= 0.6 is 11.3 Å². The molecular formula is C17H19N5O3S. The average Bonchev–Trinajstić information content (AvgIpc) is 3.25. The fourth-order valence-corrected chi connectivity index (χ4v) is 3.28. The number of hydrogen-bond acceptors (Lipinski definition) is 6. The molecule has 0 aliphatic carbocycles. The Kier molecular flexibility index (Phi) is 4.99. The Bertz CT molecular complexity index is 978. The molecule has 1 amide bonds. The molecule has 0 aromatic carbocycles. The van der Waals surface area contributed by atoms with Crippen LogP contribution in [-0.2, 0) is 6.54 Å². The monoisotopic (exact) mass is 373 g/mol. The molecule has 0 spiro atoms. The Morgan fingerprint density at radius 3 is 2.81 bits per heavy atom. The van der Waals surface area contributed by atoms with Crippen LogP contribution in [-0.4, -0.2) is 36.7 Å². The van der Waals surface area contributed by atoms with Crippen LogP contribution in [0.5, 0.6) is 0 Å². The summed E-state index contributed by atoms with van der Waals surface area (Å²) in [6.07, 6.45) is 2.57. The third-order valence-electron chi connectivity index (χ3n) is 4.12. The van der Waals surface area contributed by atoms with Crippen LogP contribution in [0.15, 0.2) is 17.6 Å². The van der Waals surface area contributed by atoms with Gasteiger partial charge in [-0.2, -0.15) is 5.10 Å². The van der Waals surface area contributed by atoms with Gasteiger partial charge in [0.1, 0.15) is 5.01 Å². The number of rotatable bonds is 6. The Labute approximate surface area is 153 Å². The van der Waals surface area contributed by atoms with E-state index < -0.39 is 5.97 Å². The number of carbonyl (C=O) groups is 2. The molecule has 0 radical (unpaired) electrons. The Hall–Kier alpha value is -2.81. The molecule has 0 saturated carbocycles. The second-order valence-electron chi connectivity index (χ2n) is 6.01. The van der Waals surface area contributed by atoms with Gasteiger partial charge in [0.2, 0.25) is 0 Å². The molecule has 0 aliphatic rings. The predicted octanol–water partition coefficient (Wildman–Crippen LogP) is 2.80. The summed E-state index contributed by atoms with van der Waals surface area (Å²) >= 11 is 1.20. The van der Waals surface area contributed by atoms with Crippen LogP contribution in [0, 0.1) is 6.92 Å². The number of thiazole rings is 1. The summed E-state index contributed by atoms with van der Waals surface area (Å²) in [4.78, 5) is 32.0. The number of amides is 1. The third kappa shape index (κ3) is 3.43. The van der Waals surface area contributed by atoms with E-state index in [9.17, 15) is 9.59 Å². The van der Waals surface area contributed by atoms with Gasteiger partial charge in [-0.1, -0.05) is 6.92 Å². The number of carbonyl (C=O) groups excluding carboxylic acids is 1. The number of aromatic nitrogens is 4. The molecule has 3 rings (SSSR count). The molecule has 0 fully saturated rings. The van der Waals surface area contributed by atoms with Gasteiger partial charge in [-0.25, -0.2) is 19.4 Å². The number of carboxylic acid groups (broad SMARTS) is 1. The van der Waals surface area contributed by atoms with Gasteiger partial charge in [0, 0.05) is 11.1 Å². The van der Waals surface area contributed by atoms with E-state index in [-0.39, 0.29) is 24.2 Å². The van der Waals surface area contributed by atoms with Gasteiger partial charge < -0.3 is 10.4 Å². The molecule has 0 aliphatic heterocycles. The van der Waals surface area contributed by atoms with Crippen LogP contribution in [0.3, 0.4) is 0 Å². The summed E-state index contributed by atoms with van der Waals surface area (Å²) in [5.41, 5.74) is 1.90.